The van der Waals surface area contributed by atoms with Gasteiger partial charge in [0.25, 0.3) is 0 Å². The van der Waals surface area contributed by atoms with Gasteiger partial charge in [-0.15, -0.1) is 0 Å². The van der Waals surface area contributed by atoms with Crippen LogP contribution >= 0.6 is 11.6 Å². The molecule has 0 aliphatic carbocycles. The first kappa shape index (κ1) is 28.4. The van der Waals surface area contributed by atoms with Crippen LogP contribution in [0.15, 0.2) is 78.9 Å². The molecule has 3 rings (SSSR count). The van der Waals surface area contributed by atoms with E-state index < -0.39 is 0 Å². The molecular weight excluding hydrogens is 490 g/mol. The molecule has 0 amide bonds. The number of unbranched alkanes of at least 4 members (excludes halogenated alkanes) is 1. The Hall–Kier alpha value is -3.19. The van der Waals surface area contributed by atoms with E-state index >= 15 is 0 Å². The number of methoxy groups -OCH3 is 2. The van der Waals surface area contributed by atoms with Gasteiger partial charge < -0.3 is 14.2 Å². The maximum Gasteiger partial charge on any atom is 0.337 e. The molecule has 0 spiro atoms. The molecule has 0 aliphatic rings. The highest BCUT2D eigenvalue weighted by Crippen LogP contribution is 2.24. The van der Waals surface area contributed by atoms with Crippen LogP contribution in [0.1, 0.15) is 52.4 Å². The van der Waals surface area contributed by atoms with Crippen molar-refractivity contribution in [1.82, 2.24) is 4.90 Å². The van der Waals surface area contributed by atoms with Gasteiger partial charge in [-0.2, -0.15) is 0 Å². The number of nitrogens with zero attached hydrogens (tertiary/aromatic N) is 1. The van der Waals surface area contributed by atoms with Gasteiger partial charge in [0.05, 0.1) is 32.5 Å². The van der Waals surface area contributed by atoms with Crippen molar-refractivity contribution in [3.8, 4) is 0 Å². The minimum Gasteiger partial charge on any atom is -0.469 e. The maximum atomic E-state index is 11.8. The second kappa shape index (κ2) is 15.2. The lowest BCUT2D eigenvalue weighted by molar-refractivity contribution is -0.140. The maximum absolute atomic E-state index is 11.8. The first-order chi connectivity index (χ1) is 18.0. The van der Waals surface area contributed by atoms with Gasteiger partial charge in [0.15, 0.2) is 0 Å². The summed E-state index contributed by atoms with van der Waals surface area (Å²) in [6.45, 7) is 2.47. The van der Waals surface area contributed by atoms with E-state index in [1.807, 2.05) is 54.6 Å². The summed E-state index contributed by atoms with van der Waals surface area (Å²) in [7, 11) is 2.78. The summed E-state index contributed by atoms with van der Waals surface area (Å²) in [5, 5.41) is 0.680. The Morgan fingerprint density at radius 3 is 2.24 bits per heavy atom. The molecule has 0 saturated heterocycles. The highest BCUT2D eigenvalue weighted by Gasteiger charge is 2.19. The molecule has 3 aromatic rings. The average molecular weight is 524 g/mol. The van der Waals surface area contributed by atoms with Gasteiger partial charge in [-0.25, -0.2) is 4.79 Å². The summed E-state index contributed by atoms with van der Waals surface area (Å²) in [4.78, 5) is 25.7. The molecule has 0 heterocycles. The smallest absolute Gasteiger partial charge is 0.337 e. The van der Waals surface area contributed by atoms with Crippen molar-refractivity contribution in [3.63, 3.8) is 0 Å². The fraction of sp³-hybridized carbons (Fsp3) is 0.333. The van der Waals surface area contributed by atoms with Crippen LogP contribution in [-0.4, -0.2) is 44.1 Å². The second-order valence-electron chi connectivity index (χ2n) is 8.76. The molecule has 3 aromatic carbocycles. The zero-order valence-corrected chi connectivity index (χ0v) is 22.2. The third-order valence-electron chi connectivity index (χ3n) is 6.11. The van der Waals surface area contributed by atoms with E-state index in [1.165, 1.54) is 14.2 Å². The van der Waals surface area contributed by atoms with E-state index in [9.17, 15) is 9.59 Å². The fourth-order valence-corrected chi connectivity index (χ4v) is 4.22. The molecule has 1 atom stereocenters. The third-order valence-corrected chi connectivity index (χ3v) is 6.48. The molecule has 0 fully saturated rings. The molecule has 0 bridgehead atoms. The lowest BCUT2D eigenvalue weighted by Gasteiger charge is -2.28. The number of halogens is 1. The van der Waals surface area contributed by atoms with Crippen molar-refractivity contribution in [1.29, 1.82) is 0 Å². The highest BCUT2D eigenvalue weighted by molar-refractivity contribution is 6.31. The molecule has 196 valence electrons. The van der Waals surface area contributed by atoms with E-state index in [2.05, 4.69) is 17.0 Å². The summed E-state index contributed by atoms with van der Waals surface area (Å²) in [5.41, 5.74) is 3.60. The Labute approximate surface area is 224 Å². The van der Waals surface area contributed by atoms with Crippen molar-refractivity contribution in [2.45, 2.75) is 38.5 Å². The Morgan fingerprint density at radius 1 is 0.865 bits per heavy atom. The topological polar surface area (TPSA) is 65.1 Å². The van der Waals surface area contributed by atoms with Crippen LogP contribution in [0.2, 0.25) is 5.02 Å². The molecule has 0 aliphatic heterocycles. The molecule has 0 N–H and O–H groups in total. The quantitative estimate of drug-likeness (QED) is 0.184. The zero-order valence-electron chi connectivity index (χ0n) is 21.4. The molecule has 0 saturated carbocycles. The Kier molecular flexibility index (Phi) is 11.6. The molecule has 6 nitrogen and oxygen atoms in total. The van der Waals surface area contributed by atoms with E-state index in [-0.39, 0.29) is 18.0 Å². The van der Waals surface area contributed by atoms with Crippen LogP contribution in [0.5, 0.6) is 0 Å². The number of hydrogen-bond donors (Lipinski definition) is 0. The fourth-order valence-electron chi connectivity index (χ4n) is 4.03. The molecule has 0 radical (unpaired) electrons. The normalized spacial score (nSPS) is 11.8. The molecule has 37 heavy (non-hydrogen) atoms. The minimum atomic E-state index is -0.358. The summed E-state index contributed by atoms with van der Waals surface area (Å²) < 4.78 is 16.0. The molecule has 7 heteroatoms. The Morgan fingerprint density at radius 2 is 1.57 bits per heavy atom. The van der Waals surface area contributed by atoms with E-state index in [4.69, 9.17) is 25.8 Å². The van der Waals surface area contributed by atoms with Crippen LogP contribution in [0.3, 0.4) is 0 Å². The van der Waals surface area contributed by atoms with E-state index in [1.54, 1.807) is 12.1 Å². The second-order valence-corrected chi connectivity index (χ2v) is 9.17. The van der Waals surface area contributed by atoms with Gasteiger partial charge in [-0.05, 0) is 54.3 Å². The Bertz CT molecular complexity index is 1120. The molecular formula is C30H34ClNO5. The number of carbonyl (C=O) groups excluding carboxylic acids is 2. The lowest BCUT2D eigenvalue weighted by Crippen LogP contribution is -2.30. The summed E-state index contributed by atoms with van der Waals surface area (Å²) in [5.74, 6) is -0.557. The van der Waals surface area contributed by atoms with Gasteiger partial charge in [0, 0.05) is 24.5 Å². The summed E-state index contributed by atoms with van der Waals surface area (Å²) in [6, 6.07) is 25.3. The standard InChI is InChI=1S/C30H34ClNO5/c1-35-29(33)14-8-9-19-32(20-23-15-17-25(18-16-23)30(34)36-2)21-28(24-10-4-3-5-11-24)37-22-26-12-6-7-13-27(26)31/h3-7,10-13,15-18,28H,8-9,14,19-22H2,1-2H3. The predicted octanol–water partition coefficient (Wildman–Crippen LogP) is 6.23. The number of esters is 2. The minimum absolute atomic E-state index is 0.188. The SMILES string of the molecule is COC(=O)CCCCN(Cc1ccc(C(=O)OC)cc1)CC(OCc1ccccc1Cl)c1ccccc1. The van der Waals surface area contributed by atoms with Crippen molar-refractivity contribution in [2.75, 3.05) is 27.3 Å². The van der Waals surface area contributed by atoms with Crippen LogP contribution < -0.4 is 0 Å². The van der Waals surface area contributed by atoms with E-state index in [0.29, 0.717) is 36.7 Å². The van der Waals surface area contributed by atoms with Crippen molar-refractivity contribution in [3.05, 3.63) is 106 Å². The summed E-state index contributed by atoms with van der Waals surface area (Å²) in [6.07, 6.45) is 1.78. The average Bonchev–Trinajstić information content (AvgIpc) is 2.94. The predicted molar refractivity (Wildman–Crippen MR) is 144 cm³/mol. The molecule has 1 unspecified atom stereocenters. The number of rotatable bonds is 14. The van der Waals surface area contributed by atoms with Crippen LogP contribution in [0.4, 0.5) is 0 Å². The van der Waals surface area contributed by atoms with Crippen molar-refractivity contribution >= 4 is 23.5 Å². The molecule has 0 aromatic heterocycles. The van der Waals surface area contributed by atoms with Crippen LogP contribution in [-0.2, 0) is 32.2 Å². The highest BCUT2D eigenvalue weighted by atomic mass is 35.5. The van der Waals surface area contributed by atoms with Gasteiger partial charge in [0.2, 0.25) is 0 Å². The summed E-state index contributed by atoms with van der Waals surface area (Å²) >= 11 is 6.37. The zero-order chi connectivity index (χ0) is 26.5. The number of ether oxygens (including phenoxy) is 3. The number of carbonyl (C=O) groups is 2. The monoisotopic (exact) mass is 523 g/mol. The van der Waals surface area contributed by atoms with Gasteiger partial charge in [0.1, 0.15) is 0 Å². The van der Waals surface area contributed by atoms with Gasteiger partial charge in [-0.1, -0.05) is 72.3 Å². The number of benzene rings is 3. The number of hydrogen-bond acceptors (Lipinski definition) is 6. The van der Waals surface area contributed by atoms with Crippen molar-refractivity contribution < 1.29 is 23.8 Å². The lowest BCUT2D eigenvalue weighted by atomic mass is 10.1. The first-order valence-corrected chi connectivity index (χ1v) is 12.7. The first-order valence-electron chi connectivity index (χ1n) is 12.4. The van der Waals surface area contributed by atoms with Crippen LogP contribution in [0, 0.1) is 0 Å². The largest absolute Gasteiger partial charge is 0.469 e. The third kappa shape index (κ3) is 9.32. The van der Waals surface area contributed by atoms with E-state index in [0.717, 1.165) is 36.1 Å². The van der Waals surface area contributed by atoms with Gasteiger partial charge in [-0.3, -0.25) is 9.69 Å². The Balaban J connectivity index is 1.75. The van der Waals surface area contributed by atoms with Gasteiger partial charge >= 0.3 is 11.9 Å². The van der Waals surface area contributed by atoms with Crippen molar-refractivity contribution in [2.24, 2.45) is 0 Å². The van der Waals surface area contributed by atoms with Crippen LogP contribution in [0.25, 0.3) is 0 Å².